The summed E-state index contributed by atoms with van der Waals surface area (Å²) in [7, 11) is 0. The third-order valence-electron chi connectivity index (χ3n) is 3.68. The van der Waals surface area contributed by atoms with Gasteiger partial charge in [0.15, 0.2) is 5.69 Å². The molecule has 0 spiro atoms. The second-order valence-electron chi connectivity index (χ2n) is 5.52. The average molecular weight is 354 g/mol. The second kappa shape index (κ2) is 7.55. The molecule has 3 aromatic rings. The van der Waals surface area contributed by atoms with Gasteiger partial charge in [-0.2, -0.15) is 9.78 Å². The number of nitrogens with one attached hydrogen (secondary N) is 1. The van der Waals surface area contributed by atoms with E-state index in [1.807, 2.05) is 37.3 Å². The van der Waals surface area contributed by atoms with E-state index in [-0.39, 0.29) is 17.3 Å². The van der Waals surface area contributed by atoms with Crippen LogP contribution in [0, 0.1) is 0 Å². The highest BCUT2D eigenvalue weighted by Gasteiger charge is 2.23. The lowest BCUT2D eigenvalue weighted by Gasteiger charge is -2.04. The van der Waals surface area contributed by atoms with Crippen LogP contribution in [0.3, 0.4) is 0 Å². The number of amides is 1. The minimum Gasteiger partial charge on any atom is -0.378 e. The van der Waals surface area contributed by atoms with Crippen LogP contribution in [0.1, 0.15) is 42.0 Å². The zero-order chi connectivity index (χ0) is 18.5. The Morgan fingerprint density at radius 2 is 2.08 bits per heavy atom. The molecule has 1 aromatic carbocycles. The topological polar surface area (TPSA) is 137 Å². The maximum atomic E-state index is 12.5. The van der Waals surface area contributed by atoms with Crippen LogP contribution < -0.4 is 11.2 Å². The predicted molar refractivity (Wildman–Crippen MR) is 93.7 cm³/mol. The van der Waals surface area contributed by atoms with Gasteiger partial charge in [0, 0.05) is 0 Å². The van der Waals surface area contributed by atoms with Crippen molar-refractivity contribution in [3.05, 3.63) is 47.3 Å². The molecule has 2 heterocycles. The Morgan fingerprint density at radius 3 is 2.73 bits per heavy atom. The molecule has 2 aromatic heterocycles. The first-order valence-corrected chi connectivity index (χ1v) is 8.04. The van der Waals surface area contributed by atoms with Gasteiger partial charge in [-0.1, -0.05) is 48.9 Å². The molecule has 0 aliphatic carbocycles. The molecular formula is C16H18N8O2. The van der Waals surface area contributed by atoms with Gasteiger partial charge in [0.1, 0.15) is 0 Å². The van der Waals surface area contributed by atoms with Gasteiger partial charge in [-0.05, 0) is 29.2 Å². The van der Waals surface area contributed by atoms with E-state index in [9.17, 15) is 4.79 Å². The molecule has 0 atom stereocenters. The molecule has 0 fully saturated rings. The van der Waals surface area contributed by atoms with E-state index in [0.717, 1.165) is 12.0 Å². The normalized spacial score (nSPS) is 11.5. The summed E-state index contributed by atoms with van der Waals surface area (Å²) in [6, 6.07) is 9.53. The van der Waals surface area contributed by atoms with Gasteiger partial charge in [0.2, 0.25) is 11.6 Å². The van der Waals surface area contributed by atoms with E-state index in [1.165, 1.54) is 4.68 Å². The minimum absolute atomic E-state index is 0.0668. The van der Waals surface area contributed by atoms with Crippen LogP contribution in [0.4, 0.5) is 5.82 Å². The van der Waals surface area contributed by atoms with Crippen molar-refractivity contribution in [1.82, 2.24) is 30.7 Å². The molecular weight excluding hydrogens is 336 g/mol. The summed E-state index contributed by atoms with van der Waals surface area (Å²) in [6.07, 6.45) is 1.31. The van der Waals surface area contributed by atoms with Gasteiger partial charge >= 0.3 is 0 Å². The van der Waals surface area contributed by atoms with E-state index >= 15 is 0 Å². The lowest BCUT2D eigenvalue weighted by Crippen LogP contribution is -2.21. The fourth-order valence-corrected chi connectivity index (χ4v) is 2.38. The SMILES string of the molecule is CCCc1c(C(=O)NN=C(C)c2ccccc2)nnn1-c1nonc1N. The molecule has 10 heteroatoms. The number of nitrogen functional groups attached to an aromatic ring is 1. The van der Waals surface area contributed by atoms with Crippen LogP contribution in [-0.4, -0.2) is 36.9 Å². The van der Waals surface area contributed by atoms with Crippen molar-refractivity contribution < 1.29 is 9.42 Å². The highest BCUT2D eigenvalue weighted by atomic mass is 16.6. The molecule has 0 radical (unpaired) electrons. The molecule has 0 saturated heterocycles. The van der Waals surface area contributed by atoms with Crippen molar-refractivity contribution in [2.45, 2.75) is 26.7 Å². The number of aromatic nitrogens is 5. The van der Waals surface area contributed by atoms with E-state index < -0.39 is 5.91 Å². The van der Waals surface area contributed by atoms with Crippen LogP contribution >= 0.6 is 0 Å². The second-order valence-corrected chi connectivity index (χ2v) is 5.52. The van der Waals surface area contributed by atoms with Gasteiger partial charge in [0.25, 0.3) is 5.91 Å². The number of carbonyl (C=O) groups is 1. The Labute approximate surface area is 149 Å². The fraction of sp³-hybridized carbons (Fsp3) is 0.250. The van der Waals surface area contributed by atoms with Crippen molar-refractivity contribution >= 4 is 17.4 Å². The highest BCUT2D eigenvalue weighted by molar-refractivity contribution is 6.00. The lowest BCUT2D eigenvalue weighted by molar-refractivity contribution is 0.0948. The number of carbonyl (C=O) groups excluding carboxylic acids is 1. The van der Waals surface area contributed by atoms with Gasteiger partial charge < -0.3 is 5.73 Å². The van der Waals surface area contributed by atoms with Crippen LogP contribution in [0.25, 0.3) is 5.82 Å². The summed E-state index contributed by atoms with van der Waals surface area (Å²) in [4.78, 5) is 12.5. The number of nitrogens with zero attached hydrogens (tertiary/aromatic N) is 6. The molecule has 1 amide bonds. The molecule has 3 rings (SSSR count). The smallest absolute Gasteiger partial charge is 0.293 e. The number of anilines is 1. The summed E-state index contributed by atoms with van der Waals surface area (Å²) in [5.41, 5.74) is 10.5. The Kier molecular flexibility index (Phi) is 5.02. The number of hydrogen-bond acceptors (Lipinski definition) is 8. The average Bonchev–Trinajstić information content (AvgIpc) is 3.26. The Bertz CT molecular complexity index is 929. The van der Waals surface area contributed by atoms with Crippen molar-refractivity contribution in [2.75, 3.05) is 5.73 Å². The van der Waals surface area contributed by atoms with Gasteiger partial charge in [-0.25, -0.2) is 10.1 Å². The first-order chi connectivity index (χ1) is 12.6. The number of rotatable bonds is 6. The Morgan fingerprint density at radius 1 is 1.31 bits per heavy atom. The third-order valence-corrected chi connectivity index (χ3v) is 3.68. The van der Waals surface area contributed by atoms with Crippen LogP contribution in [-0.2, 0) is 6.42 Å². The van der Waals surface area contributed by atoms with Crippen LogP contribution in [0.15, 0.2) is 40.1 Å². The maximum absolute atomic E-state index is 12.5. The quantitative estimate of drug-likeness (QED) is 0.503. The largest absolute Gasteiger partial charge is 0.378 e. The van der Waals surface area contributed by atoms with Crippen molar-refractivity contribution in [2.24, 2.45) is 5.10 Å². The standard InChI is InChI=1S/C16H18N8O2/c1-3-7-12-13(19-23-24(12)15-14(17)21-26-22-15)16(25)20-18-10(2)11-8-5-4-6-9-11/h4-6,8-9H,3,7H2,1-2H3,(H2,17,21)(H,20,25). The summed E-state index contributed by atoms with van der Waals surface area (Å²) in [5.74, 6) is -0.203. The zero-order valence-electron chi connectivity index (χ0n) is 14.4. The maximum Gasteiger partial charge on any atom is 0.293 e. The van der Waals surface area contributed by atoms with E-state index in [4.69, 9.17) is 5.73 Å². The monoisotopic (exact) mass is 354 g/mol. The van der Waals surface area contributed by atoms with Crippen molar-refractivity contribution in [3.63, 3.8) is 0 Å². The van der Waals surface area contributed by atoms with E-state index in [0.29, 0.717) is 17.8 Å². The van der Waals surface area contributed by atoms with Crippen LogP contribution in [0.5, 0.6) is 0 Å². The molecule has 0 bridgehead atoms. The zero-order valence-corrected chi connectivity index (χ0v) is 14.4. The molecule has 0 saturated carbocycles. The third kappa shape index (κ3) is 3.43. The van der Waals surface area contributed by atoms with Crippen molar-refractivity contribution in [3.8, 4) is 5.82 Å². The number of benzene rings is 1. The summed E-state index contributed by atoms with van der Waals surface area (Å²) < 4.78 is 5.95. The Balaban J connectivity index is 1.86. The number of hydrogen-bond donors (Lipinski definition) is 2. The number of hydrazone groups is 1. The lowest BCUT2D eigenvalue weighted by atomic mass is 10.1. The van der Waals surface area contributed by atoms with E-state index in [2.05, 4.69) is 35.8 Å². The summed E-state index contributed by atoms with van der Waals surface area (Å²) >= 11 is 0. The summed E-state index contributed by atoms with van der Waals surface area (Å²) in [6.45, 7) is 3.78. The molecule has 134 valence electrons. The summed E-state index contributed by atoms with van der Waals surface area (Å²) in [5, 5.41) is 19.3. The van der Waals surface area contributed by atoms with Gasteiger partial charge in [0.05, 0.1) is 11.4 Å². The minimum atomic E-state index is -0.468. The molecule has 0 aliphatic heterocycles. The highest BCUT2D eigenvalue weighted by Crippen LogP contribution is 2.17. The first kappa shape index (κ1) is 17.3. The van der Waals surface area contributed by atoms with Crippen LogP contribution in [0.2, 0.25) is 0 Å². The van der Waals surface area contributed by atoms with Gasteiger partial charge in [-0.15, -0.1) is 5.10 Å². The Hall–Kier alpha value is -3.56. The number of nitrogens with two attached hydrogens (primary N) is 1. The van der Waals surface area contributed by atoms with E-state index in [1.54, 1.807) is 6.92 Å². The van der Waals surface area contributed by atoms with Gasteiger partial charge in [-0.3, -0.25) is 4.79 Å². The first-order valence-electron chi connectivity index (χ1n) is 8.04. The fourth-order valence-electron chi connectivity index (χ4n) is 2.38. The molecule has 0 unspecified atom stereocenters. The predicted octanol–water partition coefficient (Wildman–Crippen LogP) is 1.34. The molecule has 3 N–H and O–H groups in total. The molecule has 0 aliphatic rings. The molecule has 10 nitrogen and oxygen atoms in total. The molecule has 26 heavy (non-hydrogen) atoms. The van der Waals surface area contributed by atoms with Crippen molar-refractivity contribution in [1.29, 1.82) is 0 Å².